The third-order valence-corrected chi connectivity index (χ3v) is 6.21. The van der Waals surface area contributed by atoms with Gasteiger partial charge in [0.25, 0.3) is 5.91 Å². The number of carbonyl (C=O) groups excluding carboxylic acids is 1. The number of amides is 1. The summed E-state index contributed by atoms with van der Waals surface area (Å²) in [7, 11) is 1.83. The fraction of sp³-hybridized carbons (Fsp3) is 0.150. The van der Waals surface area contributed by atoms with E-state index in [9.17, 15) is 4.79 Å². The maximum absolute atomic E-state index is 13.0. The normalized spacial score (nSPS) is 11.4. The number of thiazole rings is 1. The lowest BCUT2D eigenvalue weighted by Crippen LogP contribution is -2.26. The summed E-state index contributed by atoms with van der Waals surface area (Å²) in [6, 6.07) is 7.73. The Balaban J connectivity index is 1.43. The summed E-state index contributed by atoms with van der Waals surface area (Å²) in [5, 5.41) is 26.6. The summed E-state index contributed by atoms with van der Waals surface area (Å²) >= 11 is 1.52. The van der Waals surface area contributed by atoms with Crippen molar-refractivity contribution in [1.82, 2.24) is 35.3 Å². The van der Waals surface area contributed by atoms with Crippen molar-refractivity contribution < 1.29 is 4.79 Å². The number of aromatic nitrogens is 6. The van der Waals surface area contributed by atoms with Crippen LogP contribution in [0.15, 0.2) is 36.7 Å². The van der Waals surface area contributed by atoms with Crippen molar-refractivity contribution in [2.45, 2.75) is 13.0 Å². The quantitative estimate of drug-likeness (QED) is 0.316. The summed E-state index contributed by atoms with van der Waals surface area (Å²) < 4.78 is 1.82. The van der Waals surface area contributed by atoms with Gasteiger partial charge in [0, 0.05) is 43.5 Å². The van der Waals surface area contributed by atoms with Gasteiger partial charge in [-0.15, -0.1) is 11.3 Å². The van der Waals surface area contributed by atoms with Crippen LogP contribution in [0.3, 0.4) is 0 Å². The number of nitrogens with one attached hydrogen (secondary N) is 4. The van der Waals surface area contributed by atoms with Gasteiger partial charge in [-0.25, -0.2) is 4.98 Å². The molecule has 0 saturated heterocycles. The van der Waals surface area contributed by atoms with Crippen LogP contribution in [0.25, 0.3) is 21.3 Å². The predicted molar refractivity (Wildman–Crippen MR) is 115 cm³/mol. The van der Waals surface area contributed by atoms with Gasteiger partial charge in [0.2, 0.25) is 0 Å². The zero-order valence-corrected chi connectivity index (χ0v) is 16.9. The first-order valence-corrected chi connectivity index (χ1v) is 10.1. The molecule has 30 heavy (non-hydrogen) atoms. The molecule has 1 amide bonds. The monoisotopic (exact) mass is 418 g/mol. The van der Waals surface area contributed by atoms with E-state index in [1.54, 1.807) is 12.4 Å². The van der Waals surface area contributed by atoms with Crippen LogP contribution in [0.1, 0.15) is 32.3 Å². The van der Waals surface area contributed by atoms with Gasteiger partial charge in [0.05, 0.1) is 17.3 Å². The van der Waals surface area contributed by atoms with Crippen molar-refractivity contribution >= 4 is 44.7 Å². The van der Waals surface area contributed by atoms with E-state index in [0.29, 0.717) is 29.7 Å². The summed E-state index contributed by atoms with van der Waals surface area (Å²) in [4.78, 5) is 18.6. The zero-order valence-electron chi connectivity index (χ0n) is 16.1. The molecule has 0 saturated carbocycles. The maximum atomic E-state index is 13.0. The molecule has 0 atom stereocenters. The van der Waals surface area contributed by atoms with E-state index in [1.165, 1.54) is 17.6 Å². The molecule has 0 unspecified atom stereocenters. The van der Waals surface area contributed by atoms with Crippen LogP contribution in [0.5, 0.6) is 0 Å². The topological polar surface area (TPSA) is 128 Å². The van der Waals surface area contributed by atoms with Crippen molar-refractivity contribution in [3.8, 4) is 0 Å². The van der Waals surface area contributed by atoms with E-state index < -0.39 is 0 Å². The first-order valence-electron chi connectivity index (χ1n) is 9.31. The highest BCUT2D eigenvalue weighted by Crippen LogP contribution is 2.30. The Morgan fingerprint density at radius 3 is 3.00 bits per heavy atom. The van der Waals surface area contributed by atoms with Crippen molar-refractivity contribution in [3.63, 3.8) is 0 Å². The van der Waals surface area contributed by atoms with Gasteiger partial charge < -0.3 is 15.3 Å². The van der Waals surface area contributed by atoms with Crippen molar-refractivity contribution in [2.75, 3.05) is 0 Å². The van der Waals surface area contributed by atoms with Crippen LogP contribution < -0.4 is 5.32 Å². The molecule has 5 rings (SSSR count). The Hall–Kier alpha value is -3.79. The van der Waals surface area contributed by atoms with Gasteiger partial charge in [-0.05, 0) is 17.7 Å². The average Bonchev–Trinajstić information content (AvgIpc) is 3.52. The lowest BCUT2D eigenvalue weighted by molar-refractivity contribution is 0.0943. The highest BCUT2D eigenvalue weighted by atomic mass is 32.1. The minimum absolute atomic E-state index is 0.239. The minimum atomic E-state index is -0.239. The fourth-order valence-electron chi connectivity index (χ4n) is 3.63. The Bertz CT molecular complexity index is 1370. The number of nitrogens with zero attached hydrogens (tertiary/aromatic N) is 4. The summed E-state index contributed by atoms with van der Waals surface area (Å²) in [6.07, 6.45) is 5.29. The van der Waals surface area contributed by atoms with Gasteiger partial charge in [-0.1, -0.05) is 12.1 Å². The number of fused-ring (bicyclic) bond motifs is 2. The maximum Gasteiger partial charge on any atom is 0.268 e. The highest BCUT2D eigenvalue weighted by molar-refractivity contribution is 7.18. The van der Waals surface area contributed by atoms with E-state index in [-0.39, 0.29) is 5.91 Å². The van der Waals surface area contributed by atoms with Crippen molar-refractivity contribution in [3.05, 3.63) is 64.2 Å². The highest BCUT2D eigenvalue weighted by Gasteiger charge is 2.23. The van der Waals surface area contributed by atoms with Gasteiger partial charge in [-0.3, -0.25) is 15.0 Å². The lowest BCUT2D eigenvalue weighted by atomic mass is 10.1. The first-order chi connectivity index (χ1) is 14.7. The Kier molecular flexibility index (Phi) is 4.40. The number of rotatable bonds is 6. The van der Waals surface area contributed by atoms with E-state index in [0.717, 1.165) is 32.0 Å². The summed E-state index contributed by atoms with van der Waals surface area (Å²) in [5.41, 5.74) is 4.51. The second-order valence-corrected chi connectivity index (χ2v) is 7.98. The van der Waals surface area contributed by atoms with E-state index in [1.807, 2.05) is 35.9 Å². The number of aryl methyl sites for hydroxylation is 1. The van der Waals surface area contributed by atoms with E-state index in [4.69, 9.17) is 5.41 Å². The molecular formula is C20H18N8OS. The van der Waals surface area contributed by atoms with Crippen molar-refractivity contribution in [2.24, 2.45) is 7.05 Å². The molecule has 150 valence electrons. The molecule has 4 N–H and O–H groups in total. The second kappa shape index (κ2) is 7.23. The van der Waals surface area contributed by atoms with Crippen LogP contribution in [0.4, 0.5) is 0 Å². The smallest absolute Gasteiger partial charge is 0.268 e. The Morgan fingerprint density at radius 1 is 1.30 bits per heavy atom. The number of H-pyrrole nitrogens is 2. The molecule has 0 aliphatic heterocycles. The number of hydrogen-bond acceptors (Lipinski definition) is 6. The summed E-state index contributed by atoms with van der Waals surface area (Å²) in [6.45, 7) is 0.366. The Morgan fingerprint density at radius 2 is 2.20 bits per heavy atom. The van der Waals surface area contributed by atoms with E-state index >= 15 is 0 Å². The molecule has 5 aromatic rings. The van der Waals surface area contributed by atoms with Gasteiger partial charge in [0.15, 0.2) is 0 Å². The lowest BCUT2D eigenvalue weighted by Gasteiger charge is -2.08. The van der Waals surface area contributed by atoms with Crippen LogP contribution in [-0.4, -0.2) is 42.1 Å². The largest absolute Gasteiger partial charge is 0.347 e. The molecule has 0 bridgehead atoms. The third kappa shape index (κ3) is 2.98. The van der Waals surface area contributed by atoms with Gasteiger partial charge >= 0.3 is 0 Å². The van der Waals surface area contributed by atoms with Crippen LogP contribution in [0.2, 0.25) is 0 Å². The van der Waals surface area contributed by atoms with Crippen molar-refractivity contribution in [1.29, 1.82) is 5.41 Å². The standard InChI is InChI=1S/C20H18N8OS/c1-28-18(19(29)22-9-11-3-2-4-15-14(11)10-24-27-15)13(8-21)17-20(28)30-16(25-17)7-12-5-6-23-26-12/h2-6,8,10,21H,7,9H2,1H3,(H,22,29)(H,23,26)(H,24,27). The zero-order chi connectivity index (χ0) is 20.7. The molecule has 0 aliphatic carbocycles. The second-order valence-electron chi connectivity index (χ2n) is 6.92. The molecule has 4 heterocycles. The van der Waals surface area contributed by atoms with Crippen LogP contribution >= 0.6 is 11.3 Å². The molecule has 9 nitrogen and oxygen atoms in total. The molecule has 0 radical (unpaired) electrons. The molecule has 0 fully saturated rings. The number of carbonyl (C=O) groups is 1. The number of aromatic amines is 2. The van der Waals surface area contributed by atoms with E-state index in [2.05, 4.69) is 30.7 Å². The first kappa shape index (κ1) is 18.3. The third-order valence-electron chi connectivity index (χ3n) is 5.08. The Labute approximate surface area is 174 Å². The van der Waals surface area contributed by atoms with Gasteiger partial charge in [0.1, 0.15) is 21.0 Å². The molecule has 10 heteroatoms. The number of hydrogen-bond donors (Lipinski definition) is 4. The minimum Gasteiger partial charge on any atom is -0.347 e. The van der Waals surface area contributed by atoms with Crippen LogP contribution in [0, 0.1) is 5.41 Å². The average molecular weight is 418 g/mol. The SMILES string of the molecule is Cn1c(C(=O)NCc2cccc3[nH]ncc23)c(C=N)c2nc(Cc3ccn[nH]3)sc21. The predicted octanol–water partition coefficient (Wildman–Crippen LogP) is 2.75. The van der Waals surface area contributed by atoms with Crippen LogP contribution in [-0.2, 0) is 20.0 Å². The summed E-state index contributed by atoms with van der Waals surface area (Å²) in [5.74, 6) is -0.239. The molecular weight excluding hydrogens is 400 g/mol. The number of benzene rings is 1. The molecule has 4 aromatic heterocycles. The molecule has 0 aliphatic rings. The molecule has 0 spiro atoms. The molecule has 1 aromatic carbocycles. The fourth-order valence-corrected chi connectivity index (χ4v) is 4.70. The van der Waals surface area contributed by atoms with Gasteiger partial charge in [-0.2, -0.15) is 10.2 Å².